The normalized spacial score (nSPS) is 13.3. The lowest BCUT2D eigenvalue weighted by Crippen LogP contribution is -2.14. The summed E-state index contributed by atoms with van der Waals surface area (Å²) in [6, 6.07) is 3.39. The molecule has 1 unspecified atom stereocenters. The van der Waals surface area contributed by atoms with Crippen LogP contribution in [0.2, 0.25) is 0 Å². The number of rotatable bonds is 3. The number of nitrogens with zero attached hydrogens (tertiary/aromatic N) is 3. The molecule has 0 bridgehead atoms. The maximum Gasteiger partial charge on any atom is 0.161 e. The monoisotopic (exact) mass is 206 g/mol. The summed E-state index contributed by atoms with van der Waals surface area (Å²) in [5.74, 6) is 0.925. The van der Waals surface area contributed by atoms with Crippen molar-refractivity contribution in [2.24, 2.45) is 5.73 Å². The van der Waals surface area contributed by atoms with Crippen molar-refractivity contribution in [1.82, 2.24) is 14.6 Å². The van der Waals surface area contributed by atoms with Gasteiger partial charge in [-0.3, -0.25) is 4.40 Å². The first-order valence-corrected chi connectivity index (χ1v) is 4.96. The molecule has 1 atom stereocenters. The van der Waals surface area contributed by atoms with Gasteiger partial charge in [0.25, 0.3) is 0 Å². The van der Waals surface area contributed by atoms with Crippen LogP contribution in [-0.4, -0.2) is 26.3 Å². The molecular weight excluding hydrogens is 192 g/mol. The van der Waals surface area contributed by atoms with Crippen molar-refractivity contribution in [3.63, 3.8) is 0 Å². The van der Waals surface area contributed by atoms with Gasteiger partial charge in [0.2, 0.25) is 0 Å². The Morgan fingerprint density at radius 2 is 2.33 bits per heavy atom. The van der Waals surface area contributed by atoms with Crippen LogP contribution in [0.15, 0.2) is 18.3 Å². The molecule has 5 heteroatoms. The van der Waals surface area contributed by atoms with Crippen LogP contribution >= 0.6 is 0 Å². The number of aliphatic hydroxyl groups is 1. The molecule has 2 rings (SSSR count). The Morgan fingerprint density at radius 1 is 1.53 bits per heavy atom. The van der Waals surface area contributed by atoms with E-state index in [0.717, 1.165) is 23.5 Å². The molecule has 2 heterocycles. The van der Waals surface area contributed by atoms with E-state index in [4.69, 9.17) is 10.8 Å². The number of pyridine rings is 1. The van der Waals surface area contributed by atoms with E-state index in [1.54, 1.807) is 0 Å². The number of hydrogen-bond acceptors (Lipinski definition) is 4. The van der Waals surface area contributed by atoms with Gasteiger partial charge in [-0.1, -0.05) is 6.92 Å². The molecule has 0 aliphatic carbocycles. The Labute approximate surface area is 87.6 Å². The molecule has 0 saturated carbocycles. The van der Waals surface area contributed by atoms with Gasteiger partial charge < -0.3 is 10.8 Å². The zero-order valence-electron chi connectivity index (χ0n) is 8.59. The lowest BCUT2D eigenvalue weighted by molar-refractivity contribution is 0.268. The van der Waals surface area contributed by atoms with Crippen LogP contribution in [0.3, 0.4) is 0 Å². The second-order valence-electron chi connectivity index (χ2n) is 3.45. The Bertz CT molecular complexity index is 465. The van der Waals surface area contributed by atoms with Gasteiger partial charge in [0, 0.05) is 12.6 Å². The molecule has 0 aromatic carbocycles. The van der Waals surface area contributed by atoms with Gasteiger partial charge in [-0.25, -0.2) is 0 Å². The van der Waals surface area contributed by atoms with E-state index in [9.17, 15) is 0 Å². The predicted octanol–water partition coefficient (Wildman–Crippen LogP) is 0.284. The Hall–Kier alpha value is -1.46. The smallest absolute Gasteiger partial charge is 0.161 e. The minimum atomic E-state index is -0.350. The van der Waals surface area contributed by atoms with Gasteiger partial charge in [0.1, 0.15) is 5.82 Å². The number of hydrogen-bond donors (Lipinski definition) is 2. The van der Waals surface area contributed by atoms with E-state index in [1.807, 2.05) is 29.7 Å². The van der Waals surface area contributed by atoms with Crippen molar-refractivity contribution < 1.29 is 5.11 Å². The molecule has 2 aromatic heterocycles. The van der Waals surface area contributed by atoms with Gasteiger partial charge in [0.05, 0.1) is 12.6 Å². The van der Waals surface area contributed by atoms with Gasteiger partial charge in [0.15, 0.2) is 5.65 Å². The standard InChI is InChI=1S/C10H14N4O/c1-2-9-12-13-10-5-7(8(11)6-15)3-4-14(9)10/h3-5,8,15H,2,6,11H2,1H3. The van der Waals surface area contributed by atoms with Gasteiger partial charge in [-0.15, -0.1) is 10.2 Å². The molecule has 80 valence electrons. The first-order valence-electron chi connectivity index (χ1n) is 4.96. The van der Waals surface area contributed by atoms with Crippen molar-refractivity contribution in [2.75, 3.05) is 6.61 Å². The van der Waals surface area contributed by atoms with Gasteiger partial charge in [-0.05, 0) is 17.7 Å². The lowest BCUT2D eigenvalue weighted by Gasteiger charge is -2.08. The summed E-state index contributed by atoms with van der Waals surface area (Å²) in [6.45, 7) is 1.97. The second kappa shape index (κ2) is 3.96. The molecule has 15 heavy (non-hydrogen) atoms. The number of nitrogens with two attached hydrogens (primary N) is 1. The average molecular weight is 206 g/mol. The van der Waals surface area contributed by atoms with Crippen molar-refractivity contribution in [3.05, 3.63) is 29.7 Å². The highest BCUT2D eigenvalue weighted by Crippen LogP contribution is 2.13. The van der Waals surface area contributed by atoms with Crippen molar-refractivity contribution in [1.29, 1.82) is 0 Å². The molecule has 0 saturated heterocycles. The number of aliphatic hydroxyl groups excluding tert-OH is 1. The minimum absolute atomic E-state index is 0.0645. The molecule has 3 N–H and O–H groups in total. The van der Waals surface area contributed by atoms with Crippen molar-refractivity contribution in [2.45, 2.75) is 19.4 Å². The molecule has 0 amide bonds. The third kappa shape index (κ3) is 1.71. The van der Waals surface area contributed by atoms with E-state index >= 15 is 0 Å². The van der Waals surface area contributed by atoms with Crippen LogP contribution < -0.4 is 5.73 Å². The fraction of sp³-hybridized carbons (Fsp3) is 0.400. The first-order chi connectivity index (χ1) is 7.26. The summed E-state index contributed by atoms with van der Waals surface area (Å²) in [6.07, 6.45) is 2.73. The Morgan fingerprint density at radius 3 is 3.00 bits per heavy atom. The summed E-state index contributed by atoms with van der Waals surface area (Å²) >= 11 is 0. The number of fused-ring (bicyclic) bond motifs is 1. The van der Waals surface area contributed by atoms with Crippen LogP contribution in [0.25, 0.3) is 5.65 Å². The number of aromatic nitrogens is 3. The average Bonchev–Trinajstić information content (AvgIpc) is 2.69. The molecule has 0 aliphatic heterocycles. The van der Waals surface area contributed by atoms with Crippen LogP contribution in [0.1, 0.15) is 24.4 Å². The molecule has 5 nitrogen and oxygen atoms in total. The summed E-state index contributed by atoms with van der Waals surface area (Å²) in [4.78, 5) is 0. The van der Waals surface area contributed by atoms with Gasteiger partial charge >= 0.3 is 0 Å². The molecule has 0 aliphatic rings. The van der Waals surface area contributed by atoms with Crippen molar-refractivity contribution in [3.8, 4) is 0 Å². The van der Waals surface area contributed by atoms with Crippen LogP contribution in [0.5, 0.6) is 0 Å². The molecule has 0 spiro atoms. The highest BCUT2D eigenvalue weighted by molar-refractivity contribution is 5.42. The molecule has 0 fully saturated rings. The van der Waals surface area contributed by atoms with Crippen LogP contribution in [0, 0.1) is 0 Å². The predicted molar refractivity (Wildman–Crippen MR) is 56.4 cm³/mol. The zero-order valence-corrected chi connectivity index (χ0v) is 8.59. The number of aryl methyl sites for hydroxylation is 1. The Balaban J connectivity index is 2.48. The third-order valence-electron chi connectivity index (χ3n) is 2.45. The third-order valence-corrected chi connectivity index (χ3v) is 2.45. The van der Waals surface area contributed by atoms with Crippen molar-refractivity contribution >= 4 is 5.65 Å². The SMILES string of the molecule is CCc1nnc2cc(C(N)CO)ccn12. The maximum absolute atomic E-state index is 8.94. The quantitative estimate of drug-likeness (QED) is 0.756. The minimum Gasteiger partial charge on any atom is -0.394 e. The first kappa shape index (κ1) is 10.1. The fourth-order valence-corrected chi connectivity index (χ4v) is 1.53. The summed E-state index contributed by atoms with van der Waals surface area (Å²) < 4.78 is 1.92. The highest BCUT2D eigenvalue weighted by Gasteiger charge is 2.08. The van der Waals surface area contributed by atoms with E-state index in [0.29, 0.717) is 0 Å². The molecule has 0 radical (unpaired) electrons. The molecular formula is C10H14N4O. The summed E-state index contributed by atoms with van der Waals surface area (Å²) in [7, 11) is 0. The maximum atomic E-state index is 8.94. The fourth-order valence-electron chi connectivity index (χ4n) is 1.53. The molecule has 2 aromatic rings. The highest BCUT2D eigenvalue weighted by atomic mass is 16.3. The summed E-state index contributed by atoms with van der Waals surface area (Å²) in [5.41, 5.74) is 7.36. The summed E-state index contributed by atoms with van der Waals surface area (Å²) in [5, 5.41) is 17.0. The Kier molecular flexibility index (Phi) is 2.66. The van der Waals surface area contributed by atoms with E-state index < -0.39 is 0 Å². The van der Waals surface area contributed by atoms with Crippen LogP contribution in [0.4, 0.5) is 0 Å². The van der Waals surface area contributed by atoms with E-state index in [2.05, 4.69) is 10.2 Å². The lowest BCUT2D eigenvalue weighted by atomic mass is 10.1. The van der Waals surface area contributed by atoms with Crippen LogP contribution in [-0.2, 0) is 6.42 Å². The second-order valence-corrected chi connectivity index (χ2v) is 3.45. The van der Waals surface area contributed by atoms with E-state index in [1.165, 1.54) is 0 Å². The largest absolute Gasteiger partial charge is 0.394 e. The topological polar surface area (TPSA) is 76.4 Å². The van der Waals surface area contributed by atoms with E-state index in [-0.39, 0.29) is 12.6 Å². The van der Waals surface area contributed by atoms with Gasteiger partial charge in [-0.2, -0.15) is 0 Å². The zero-order chi connectivity index (χ0) is 10.8.